The summed E-state index contributed by atoms with van der Waals surface area (Å²) in [5, 5.41) is 0.514. The van der Waals surface area contributed by atoms with E-state index in [0.717, 1.165) is 0 Å². The van der Waals surface area contributed by atoms with Gasteiger partial charge in [-0.1, -0.05) is 0 Å². The Morgan fingerprint density at radius 2 is 1.73 bits per heavy atom. The van der Waals surface area contributed by atoms with Gasteiger partial charge in [-0.05, 0) is 27.2 Å². The molecule has 22 heavy (non-hydrogen) atoms. The Labute approximate surface area is 129 Å². The normalized spacial score (nSPS) is 15.0. The van der Waals surface area contributed by atoms with Crippen molar-refractivity contribution in [1.29, 1.82) is 0 Å². The number of hydrogen-bond acceptors (Lipinski definition) is 6. The zero-order valence-electron chi connectivity index (χ0n) is 13.4. The summed E-state index contributed by atoms with van der Waals surface area (Å²) in [6.45, 7) is 5.59. The number of nitrogens with zero attached hydrogens (tertiary/aromatic N) is 2. The quantitative estimate of drug-likeness (QED) is 0.709. The molecule has 0 aromatic carbocycles. The van der Waals surface area contributed by atoms with Crippen molar-refractivity contribution in [3.05, 3.63) is 0 Å². The molecule has 0 N–H and O–H groups in total. The predicted molar refractivity (Wildman–Crippen MR) is 75.3 cm³/mol. The molecule has 0 atom stereocenters. The molecule has 0 saturated carbocycles. The summed E-state index contributed by atoms with van der Waals surface area (Å²) in [6.07, 6.45) is -0.0264. The minimum Gasteiger partial charge on any atom is -0.444 e. The summed E-state index contributed by atoms with van der Waals surface area (Å²) in [7, 11) is 1.56. The van der Waals surface area contributed by atoms with Gasteiger partial charge in [-0.2, -0.15) is 0 Å². The smallest absolute Gasteiger partial charge is 0.410 e. The van der Waals surface area contributed by atoms with Crippen LogP contribution in [-0.2, 0) is 24.0 Å². The van der Waals surface area contributed by atoms with Gasteiger partial charge in [-0.15, -0.1) is 5.06 Å². The first-order valence-electron chi connectivity index (χ1n) is 7.11. The van der Waals surface area contributed by atoms with Crippen molar-refractivity contribution < 1.29 is 28.8 Å². The van der Waals surface area contributed by atoms with E-state index in [1.807, 2.05) is 0 Å². The molecule has 0 unspecified atom stereocenters. The monoisotopic (exact) mass is 314 g/mol. The van der Waals surface area contributed by atoms with Crippen LogP contribution >= 0.6 is 0 Å². The number of carbonyl (C=O) groups excluding carboxylic acids is 4. The Bertz CT molecular complexity index is 452. The van der Waals surface area contributed by atoms with E-state index in [2.05, 4.69) is 0 Å². The van der Waals surface area contributed by atoms with E-state index in [-0.39, 0.29) is 19.3 Å². The number of rotatable bonds is 5. The SMILES string of the molecule is CN(CCCC(=O)ON1C(=O)CCC1=O)C(=O)OC(C)(C)C. The molecule has 0 radical (unpaired) electrons. The maximum absolute atomic E-state index is 11.7. The fraction of sp³-hybridized carbons (Fsp3) is 0.714. The van der Waals surface area contributed by atoms with E-state index in [4.69, 9.17) is 9.57 Å². The van der Waals surface area contributed by atoms with Crippen LogP contribution in [0.25, 0.3) is 0 Å². The minimum atomic E-state index is -0.679. The van der Waals surface area contributed by atoms with Crippen molar-refractivity contribution in [2.24, 2.45) is 0 Å². The largest absolute Gasteiger partial charge is 0.444 e. The van der Waals surface area contributed by atoms with Gasteiger partial charge < -0.3 is 14.5 Å². The highest BCUT2D eigenvalue weighted by Gasteiger charge is 2.32. The summed E-state index contributed by atoms with van der Waals surface area (Å²) in [5.74, 6) is -1.70. The van der Waals surface area contributed by atoms with E-state index >= 15 is 0 Å². The van der Waals surface area contributed by atoms with Crippen LogP contribution in [0.5, 0.6) is 0 Å². The van der Waals surface area contributed by atoms with Crippen LogP contribution in [0.4, 0.5) is 4.79 Å². The van der Waals surface area contributed by atoms with Crippen LogP contribution in [0.1, 0.15) is 46.5 Å². The molecule has 0 aromatic rings. The number of imide groups is 1. The average molecular weight is 314 g/mol. The lowest BCUT2D eigenvalue weighted by atomic mass is 10.2. The highest BCUT2D eigenvalue weighted by Crippen LogP contribution is 2.13. The third-order valence-electron chi connectivity index (χ3n) is 2.78. The Balaban J connectivity index is 2.29. The second-order valence-electron chi connectivity index (χ2n) is 6.05. The molecule has 0 bridgehead atoms. The summed E-state index contributed by atoms with van der Waals surface area (Å²) >= 11 is 0. The molecular formula is C14H22N2O6. The summed E-state index contributed by atoms with van der Waals surface area (Å²) < 4.78 is 5.17. The van der Waals surface area contributed by atoms with Gasteiger partial charge in [0, 0.05) is 32.9 Å². The molecular weight excluding hydrogens is 292 g/mol. The molecule has 3 amide bonds. The van der Waals surface area contributed by atoms with E-state index in [9.17, 15) is 19.2 Å². The average Bonchev–Trinajstić information content (AvgIpc) is 2.68. The Hall–Kier alpha value is -2.12. The molecule has 124 valence electrons. The summed E-state index contributed by atoms with van der Waals surface area (Å²) in [6, 6.07) is 0. The lowest BCUT2D eigenvalue weighted by molar-refractivity contribution is -0.197. The number of hydroxylamine groups is 2. The Kier molecular flexibility index (Phi) is 5.90. The van der Waals surface area contributed by atoms with Crippen LogP contribution < -0.4 is 0 Å². The van der Waals surface area contributed by atoms with Crippen LogP contribution in [0.2, 0.25) is 0 Å². The van der Waals surface area contributed by atoms with E-state index in [1.54, 1.807) is 27.8 Å². The van der Waals surface area contributed by atoms with Crippen LogP contribution in [0, 0.1) is 0 Å². The van der Waals surface area contributed by atoms with Crippen LogP contribution in [-0.4, -0.2) is 53.0 Å². The fourth-order valence-electron chi connectivity index (χ4n) is 1.70. The second kappa shape index (κ2) is 7.24. The van der Waals surface area contributed by atoms with Crippen molar-refractivity contribution >= 4 is 23.9 Å². The predicted octanol–water partition coefficient (Wildman–Crippen LogP) is 1.24. The highest BCUT2D eigenvalue weighted by molar-refractivity contribution is 6.01. The standard InChI is InChI=1S/C14H22N2O6/c1-14(2,3)21-13(20)15(4)9-5-6-12(19)22-16-10(17)7-8-11(16)18/h5-9H2,1-4H3. The van der Waals surface area contributed by atoms with Crippen LogP contribution in [0.15, 0.2) is 0 Å². The summed E-state index contributed by atoms with van der Waals surface area (Å²) in [5.41, 5.74) is -0.583. The second-order valence-corrected chi connectivity index (χ2v) is 6.05. The maximum Gasteiger partial charge on any atom is 0.410 e. The topological polar surface area (TPSA) is 93.2 Å². The fourth-order valence-corrected chi connectivity index (χ4v) is 1.70. The molecule has 8 nitrogen and oxygen atoms in total. The highest BCUT2D eigenvalue weighted by atomic mass is 16.7. The number of amides is 3. The molecule has 1 rings (SSSR count). The Morgan fingerprint density at radius 3 is 2.23 bits per heavy atom. The number of hydrogen-bond donors (Lipinski definition) is 0. The lowest BCUT2D eigenvalue weighted by Gasteiger charge is -2.24. The van der Waals surface area contributed by atoms with Crippen molar-refractivity contribution in [3.63, 3.8) is 0 Å². The molecule has 0 aliphatic carbocycles. The van der Waals surface area contributed by atoms with E-state index < -0.39 is 29.5 Å². The minimum absolute atomic E-state index is 0.00972. The lowest BCUT2D eigenvalue weighted by Crippen LogP contribution is -2.35. The zero-order chi connectivity index (χ0) is 16.9. The van der Waals surface area contributed by atoms with Gasteiger partial charge in [0.25, 0.3) is 11.8 Å². The van der Waals surface area contributed by atoms with Gasteiger partial charge in [0.15, 0.2) is 0 Å². The van der Waals surface area contributed by atoms with Crippen molar-refractivity contribution in [2.75, 3.05) is 13.6 Å². The molecule has 0 aromatic heterocycles. The summed E-state index contributed by atoms with van der Waals surface area (Å²) in [4.78, 5) is 51.9. The van der Waals surface area contributed by atoms with Gasteiger partial charge in [-0.25, -0.2) is 9.59 Å². The molecule has 1 heterocycles. The number of carbonyl (C=O) groups is 4. The third-order valence-corrected chi connectivity index (χ3v) is 2.78. The third kappa shape index (κ3) is 5.71. The van der Waals surface area contributed by atoms with Gasteiger partial charge in [0.1, 0.15) is 5.60 Å². The van der Waals surface area contributed by atoms with Gasteiger partial charge in [0.2, 0.25) is 0 Å². The molecule has 1 saturated heterocycles. The van der Waals surface area contributed by atoms with E-state index in [1.165, 1.54) is 4.90 Å². The molecule has 1 fully saturated rings. The molecule has 1 aliphatic rings. The first-order valence-corrected chi connectivity index (χ1v) is 7.11. The van der Waals surface area contributed by atoms with Crippen LogP contribution in [0.3, 0.4) is 0 Å². The zero-order valence-corrected chi connectivity index (χ0v) is 13.4. The van der Waals surface area contributed by atoms with Gasteiger partial charge in [-0.3, -0.25) is 9.59 Å². The van der Waals surface area contributed by atoms with Crippen molar-refractivity contribution in [2.45, 2.75) is 52.1 Å². The number of ether oxygens (including phenoxy) is 1. The first-order chi connectivity index (χ1) is 10.1. The van der Waals surface area contributed by atoms with Crippen molar-refractivity contribution in [1.82, 2.24) is 9.96 Å². The first kappa shape index (κ1) is 17.9. The Morgan fingerprint density at radius 1 is 1.18 bits per heavy atom. The maximum atomic E-state index is 11.7. The molecule has 1 aliphatic heterocycles. The van der Waals surface area contributed by atoms with E-state index in [0.29, 0.717) is 18.0 Å². The van der Waals surface area contributed by atoms with Crippen molar-refractivity contribution in [3.8, 4) is 0 Å². The van der Waals surface area contributed by atoms with Gasteiger partial charge in [0.05, 0.1) is 0 Å². The molecule has 0 spiro atoms. The van der Waals surface area contributed by atoms with Gasteiger partial charge >= 0.3 is 12.1 Å². The molecule has 8 heteroatoms.